The summed E-state index contributed by atoms with van der Waals surface area (Å²) in [6.45, 7) is -0.166. The van der Waals surface area contributed by atoms with Gasteiger partial charge in [-0.1, -0.05) is 12.1 Å². The number of nitrogens with one attached hydrogen (secondary N) is 2. The highest BCUT2D eigenvalue weighted by molar-refractivity contribution is 7.89. The smallest absolute Gasteiger partial charge is 0.307 e. The Morgan fingerprint density at radius 2 is 1.95 bits per heavy atom. The summed E-state index contributed by atoms with van der Waals surface area (Å²) in [5.74, 6) is -0.287. The van der Waals surface area contributed by atoms with Crippen LogP contribution in [0.2, 0.25) is 0 Å². The Morgan fingerprint density at radius 3 is 2.67 bits per heavy atom. The van der Waals surface area contributed by atoms with Gasteiger partial charge in [-0.2, -0.15) is 0 Å². The molecule has 0 aliphatic heterocycles. The number of rotatable bonds is 5. The predicted octanol–water partition coefficient (Wildman–Crippen LogP) is -0.228. The standard InChI is InChI=1S/C13H15N3O4S/c17-12-10-3-1-2-4-11(10)14-13(18)16(12)7-8-21(19,20)15-9-5-6-9/h1-4,9,15H,5-8H2,(H,14,18). The van der Waals surface area contributed by atoms with Crippen molar-refractivity contribution in [2.24, 2.45) is 0 Å². The molecule has 0 radical (unpaired) electrons. The second-order valence-electron chi connectivity index (χ2n) is 5.14. The first-order valence-corrected chi connectivity index (χ1v) is 8.33. The molecule has 2 N–H and O–H groups in total. The minimum Gasteiger partial charge on any atom is -0.307 e. The van der Waals surface area contributed by atoms with Gasteiger partial charge in [-0.05, 0) is 25.0 Å². The van der Waals surface area contributed by atoms with Gasteiger partial charge in [0.15, 0.2) is 0 Å². The number of aromatic amines is 1. The molecule has 0 saturated heterocycles. The van der Waals surface area contributed by atoms with Crippen molar-refractivity contribution in [2.45, 2.75) is 25.4 Å². The van der Waals surface area contributed by atoms with Crippen molar-refractivity contribution >= 4 is 20.9 Å². The minimum absolute atomic E-state index is 0.0154. The zero-order valence-electron chi connectivity index (χ0n) is 11.2. The molecular weight excluding hydrogens is 294 g/mol. The Kier molecular flexibility index (Phi) is 3.42. The van der Waals surface area contributed by atoms with Gasteiger partial charge < -0.3 is 4.98 Å². The van der Waals surface area contributed by atoms with E-state index in [2.05, 4.69) is 9.71 Å². The van der Waals surface area contributed by atoms with Gasteiger partial charge in [-0.15, -0.1) is 0 Å². The number of para-hydroxylation sites is 1. The number of H-pyrrole nitrogens is 1. The molecule has 0 atom stereocenters. The topological polar surface area (TPSA) is 101 Å². The summed E-state index contributed by atoms with van der Waals surface area (Å²) in [6, 6.07) is 6.65. The molecule has 7 nitrogen and oxygen atoms in total. The maximum Gasteiger partial charge on any atom is 0.328 e. The van der Waals surface area contributed by atoms with E-state index in [0.29, 0.717) is 10.9 Å². The van der Waals surface area contributed by atoms with Gasteiger partial charge in [0.05, 0.1) is 16.7 Å². The van der Waals surface area contributed by atoms with Crippen molar-refractivity contribution in [3.8, 4) is 0 Å². The first-order valence-electron chi connectivity index (χ1n) is 6.68. The third kappa shape index (κ3) is 3.06. The molecule has 8 heteroatoms. The van der Waals surface area contributed by atoms with Gasteiger partial charge in [-0.25, -0.2) is 17.9 Å². The maximum atomic E-state index is 12.2. The van der Waals surface area contributed by atoms with Crippen molar-refractivity contribution in [1.82, 2.24) is 14.3 Å². The molecule has 1 aliphatic rings. The Labute approximate surface area is 120 Å². The number of benzene rings is 1. The fourth-order valence-corrected chi connectivity index (χ4v) is 3.41. The molecule has 1 aromatic heterocycles. The summed E-state index contributed by atoms with van der Waals surface area (Å²) in [7, 11) is -3.47. The molecule has 3 rings (SSSR count). The molecule has 0 bridgehead atoms. The van der Waals surface area contributed by atoms with Gasteiger partial charge >= 0.3 is 5.69 Å². The lowest BCUT2D eigenvalue weighted by Crippen LogP contribution is -2.39. The van der Waals surface area contributed by atoms with E-state index in [9.17, 15) is 18.0 Å². The molecule has 0 unspecified atom stereocenters. The molecule has 1 aliphatic carbocycles. The molecule has 1 fully saturated rings. The number of nitrogens with zero attached hydrogens (tertiary/aromatic N) is 1. The van der Waals surface area contributed by atoms with Crippen LogP contribution in [0.3, 0.4) is 0 Å². The molecular formula is C13H15N3O4S. The molecule has 0 amide bonds. The number of fused-ring (bicyclic) bond motifs is 1. The normalized spacial score (nSPS) is 15.4. The van der Waals surface area contributed by atoms with Crippen molar-refractivity contribution in [2.75, 3.05) is 5.75 Å². The maximum absolute atomic E-state index is 12.2. The molecule has 2 aromatic rings. The molecule has 21 heavy (non-hydrogen) atoms. The first-order chi connectivity index (χ1) is 9.96. The average molecular weight is 309 g/mol. The van der Waals surface area contributed by atoms with Crippen LogP contribution >= 0.6 is 0 Å². The predicted molar refractivity (Wildman–Crippen MR) is 78.8 cm³/mol. The van der Waals surface area contributed by atoms with Crippen LogP contribution in [-0.2, 0) is 16.6 Å². The van der Waals surface area contributed by atoms with Crippen LogP contribution in [0.15, 0.2) is 33.9 Å². The first kappa shape index (κ1) is 14.0. The summed E-state index contributed by atoms with van der Waals surface area (Å²) in [4.78, 5) is 26.7. The number of sulfonamides is 1. The van der Waals surface area contributed by atoms with Crippen LogP contribution in [0.1, 0.15) is 12.8 Å². The quantitative estimate of drug-likeness (QED) is 0.796. The minimum atomic E-state index is -3.47. The zero-order valence-corrected chi connectivity index (χ0v) is 12.0. The average Bonchev–Trinajstić information content (AvgIpc) is 3.21. The Hall–Kier alpha value is -1.93. The summed E-state index contributed by atoms with van der Waals surface area (Å²) < 4.78 is 27.0. The molecule has 1 aromatic carbocycles. The van der Waals surface area contributed by atoms with Crippen LogP contribution in [0, 0.1) is 0 Å². The van der Waals surface area contributed by atoms with E-state index in [-0.39, 0.29) is 18.3 Å². The van der Waals surface area contributed by atoms with E-state index in [1.807, 2.05) is 0 Å². The third-order valence-electron chi connectivity index (χ3n) is 3.40. The Morgan fingerprint density at radius 1 is 1.24 bits per heavy atom. The van der Waals surface area contributed by atoms with Crippen molar-refractivity contribution in [3.63, 3.8) is 0 Å². The lowest BCUT2D eigenvalue weighted by Gasteiger charge is -2.08. The number of hydrogen-bond donors (Lipinski definition) is 2. The van der Waals surface area contributed by atoms with E-state index in [1.54, 1.807) is 24.3 Å². The number of aromatic nitrogens is 2. The zero-order chi connectivity index (χ0) is 15.0. The summed E-state index contributed by atoms with van der Waals surface area (Å²) >= 11 is 0. The van der Waals surface area contributed by atoms with Gasteiger partial charge in [0, 0.05) is 12.6 Å². The highest BCUT2D eigenvalue weighted by atomic mass is 32.2. The summed E-state index contributed by atoms with van der Waals surface area (Å²) in [5, 5.41) is 0.365. The van der Waals surface area contributed by atoms with Crippen molar-refractivity contribution < 1.29 is 8.42 Å². The third-order valence-corrected chi connectivity index (χ3v) is 4.81. The van der Waals surface area contributed by atoms with Crippen molar-refractivity contribution in [3.05, 3.63) is 45.1 Å². The fraction of sp³-hybridized carbons (Fsp3) is 0.385. The second-order valence-corrected chi connectivity index (χ2v) is 7.02. The van der Waals surface area contributed by atoms with Crippen LogP contribution in [-0.4, -0.2) is 29.8 Å². The lowest BCUT2D eigenvalue weighted by molar-refractivity contribution is 0.570. The lowest BCUT2D eigenvalue weighted by atomic mass is 10.2. The van der Waals surface area contributed by atoms with Crippen LogP contribution in [0.4, 0.5) is 0 Å². The van der Waals surface area contributed by atoms with Crippen LogP contribution in [0.25, 0.3) is 10.9 Å². The largest absolute Gasteiger partial charge is 0.328 e. The van der Waals surface area contributed by atoms with Crippen molar-refractivity contribution in [1.29, 1.82) is 0 Å². The van der Waals surface area contributed by atoms with Gasteiger partial charge in [0.25, 0.3) is 5.56 Å². The Balaban J connectivity index is 1.90. The van der Waals surface area contributed by atoms with E-state index >= 15 is 0 Å². The summed E-state index contributed by atoms with van der Waals surface area (Å²) in [6.07, 6.45) is 1.69. The highest BCUT2D eigenvalue weighted by Crippen LogP contribution is 2.19. The fourth-order valence-electron chi connectivity index (χ4n) is 2.13. The molecule has 0 spiro atoms. The van der Waals surface area contributed by atoms with E-state index < -0.39 is 21.3 Å². The molecule has 1 saturated carbocycles. The SMILES string of the molecule is O=c1[nH]c2ccccc2c(=O)n1CCS(=O)(=O)NC1CC1. The Bertz CT molecular complexity index is 894. The van der Waals surface area contributed by atoms with E-state index in [4.69, 9.17) is 0 Å². The summed E-state index contributed by atoms with van der Waals surface area (Å²) in [5.41, 5.74) is -0.626. The van der Waals surface area contributed by atoms with Gasteiger partial charge in [-0.3, -0.25) is 9.36 Å². The second kappa shape index (κ2) is 5.12. The molecule has 1 heterocycles. The monoisotopic (exact) mass is 309 g/mol. The molecule has 112 valence electrons. The number of hydrogen-bond acceptors (Lipinski definition) is 4. The highest BCUT2D eigenvalue weighted by Gasteiger charge is 2.26. The van der Waals surface area contributed by atoms with Crippen LogP contribution in [0.5, 0.6) is 0 Å². The van der Waals surface area contributed by atoms with Gasteiger partial charge in [0.2, 0.25) is 10.0 Å². The van der Waals surface area contributed by atoms with Crippen LogP contribution < -0.4 is 16.0 Å². The van der Waals surface area contributed by atoms with E-state index in [1.165, 1.54) is 0 Å². The van der Waals surface area contributed by atoms with E-state index in [0.717, 1.165) is 17.4 Å². The van der Waals surface area contributed by atoms with Gasteiger partial charge in [0.1, 0.15) is 0 Å².